The van der Waals surface area contributed by atoms with Gasteiger partial charge in [-0.2, -0.15) is 0 Å². The third-order valence-electron chi connectivity index (χ3n) is 3.79. The minimum Gasteiger partial charge on any atom is -0.398 e. The molecule has 0 aromatic carbocycles. The molecule has 4 nitrogen and oxygen atoms in total. The van der Waals surface area contributed by atoms with Crippen molar-refractivity contribution in [2.75, 3.05) is 12.0 Å². The number of nitrogens with zero attached hydrogens (tertiary/aromatic N) is 1. The molecule has 18 heavy (non-hydrogen) atoms. The second-order valence-corrected chi connectivity index (χ2v) is 7.59. The van der Waals surface area contributed by atoms with Crippen molar-refractivity contribution in [1.82, 2.24) is 4.98 Å². The lowest BCUT2D eigenvalue weighted by Crippen LogP contribution is -2.28. The van der Waals surface area contributed by atoms with E-state index in [1.165, 1.54) is 6.26 Å². The Hall–Kier alpha value is -1.10. The van der Waals surface area contributed by atoms with Crippen LogP contribution in [0, 0.1) is 5.92 Å². The zero-order valence-corrected chi connectivity index (χ0v) is 11.5. The van der Waals surface area contributed by atoms with Crippen LogP contribution in [-0.4, -0.2) is 24.9 Å². The third-order valence-corrected chi connectivity index (χ3v) is 5.43. The van der Waals surface area contributed by atoms with Crippen LogP contribution < -0.4 is 5.73 Å². The van der Waals surface area contributed by atoms with Gasteiger partial charge in [0.1, 0.15) is 9.84 Å². The zero-order chi connectivity index (χ0) is 13.2. The molecular weight excluding hydrogens is 248 g/mol. The van der Waals surface area contributed by atoms with E-state index in [4.69, 9.17) is 5.73 Å². The first-order valence-electron chi connectivity index (χ1n) is 6.34. The Morgan fingerprint density at radius 2 is 2.22 bits per heavy atom. The lowest BCUT2D eigenvalue weighted by molar-refractivity contribution is 0.356. The van der Waals surface area contributed by atoms with E-state index in [2.05, 4.69) is 4.98 Å². The first-order chi connectivity index (χ1) is 8.47. The van der Waals surface area contributed by atoms with Gasteiger partial charge in [0.25, 0.3) is 0 Å². The van der Waals surface area contributed by atoms with Crippen LogP contribution in [-0.2, 0) is 16.3 Å². The van der Waals surface area contributed by atoms with Crippen molar-refractivity contribution in [1.29, 1.82) is 0 Å². The van der Waals surface area contributed by atoms with Crippen molar-refractivity contribution >= 4 is 15.5 Å². The Morgan fingerprint density at radius 1 is 1.44 bits per heavy atom. The molecule has 1 aromatic rings. The summed E-state index contributed by atoms with van der Waals surface area (Å²) in [7, 11) is -2.91. The van der Waals surface area contributed by atoms with Gasteiger partial charge in [-0.25, -0.2) is 8.42 Å². The Kier molecular flexibility index (Phi) is 3.90. The molecule has 1 aromatic heterocycles. The fraction of sp³-hybridized carbons (Fsp3) is 0.615. The minimum atomic E-state index is -2.91. The quantitative estimate of drug-likeness (QED) is 0.907. The fourth-order valence-corrected chi connectivity index (χ4v) is 3.95. The molecule has 5 heteroatoms. The highest BCUT2D eigenvalue weighted by molar-refractivity contribution is 7.91. The SMILES string of the molecule is CS(=O)(=O)C1CCCC(Cc2cnccc2N)C1. The number of rotatable bonds is 3. The van der Waals surface area contributed by atoms with Crippen molar-refractivity contribution in [2.24, 2.45) is 5.92 Å². The van der Waals surface area contributed by atoms with Crippen LogP contribution in [0.1, 0.15) is 31.2 Å². The molecule has 1 aliphatic rings. The minimum absolute atomic E-state index is 0.172. The summed E-state index contributed by atoms with van der Waals surface area (Å²) < 4.78 is 23.2. The molecule has 2 atom stereocenters. The second-order valence-electron chi connectivity index (χ2n) is 5.26. The lowest BCUT2D eigenvalue weighted by atomic mass is 9.84. The first-order valence-corrected chi connectivity index (χ1v) is 8.29. The van der Waals surface area contributed by atoms with Gasteiger partial charge in [-0.3, -0.25) is 4.98 Å². The molecule has 2 unspecified atom stereocenters. The summed E-state index contributed by atoms with van der Waals surface area (Å²) >= 11 is 0. The first kappa shape index (κ1) is 13.3. The number of pyridine rings is 1. The Balaban J connectivity index is 2.05. The summed E-state index contributed by atoms with van der Waals surface area (Å²) in [6.45, 7) is 0. The predicted molar refractivity (Wildman–Crippen MR) is 72.9 cm³/mol. The van der Waals surface area contributed by atoms with Crippen LogP contribution >= 0.6 is 0 Å². The zero-order valence-electron chi connectivity index (χ0n) is 10.7. The molecule has 0 saturated heterocycles. The Labute approximate surface area is 109 Å². The average Bonchev–Trinajstić information content (AvgIpc) is 2.31. The molecule has 2 N–H and O–H groups in total. The smallest absolute Gasteiger partial charge is 0.150 e. The second kappa shape index (κ2) is 5.26. The topological polar surface area (TPSA) is 73.0 Å². The molecule has 0 amide bonds. The number of anilines is 1. The van der Waals surface area contributed by atoms with Crippen molar-refractivity contribution < 1.29 is 8.42 Å². The van der Waals surface area contributed by atoms with E-state index < -0.39 is 9.84 Å². The summed E-state index contributed by atoms with van der Waals surface area (Å²) in [5.41, 5.74) is 7.69. The van der Waals surface area contributed by atoms with E-state index in [-0.39, 0.29) is 5.25 Å². The van der Waals surface area contributed by atoms with E-state index in [1.54, 1.807) is 18.5 Å². The van der Waals surface area contributed by atoms with E-state index in [1.807, 2.05) is 0 Å². The maximum atomic E-state index is 11.6. The van der Waals surface area contributed by atoms with Crippen LogP contribution in [0.25, 0.3) is 0 Å². The van der Waals surface area contributed by atoms with E-state index in [9.17, 15) is 8.42 Å². The molecule has 1 heterocycles. The summed E-state index contributed by atoms with van der Waals surface area (Å²) in [4.78, 5) is 4.08. The largest absolute Gasteiger partial charge is 0.398 e. The van der Waals surface area contributed by atoms with Gasteiger partial charge in [-0.15, -0.1) is 0 Å². The highest BCUT2D eigenvalue weighted by Gasteiger charge is 2.29. The summed E-state index contributed by atoms with van der Waals surface area (Å²) in [5.74, 6) is 0.407. The summed E-state index contributed by atoms with van der Waals surface area (Å²) in [6.07, 6.45) is 9.29. The van der Waals surface area contributed by atoms with E-state index >= 15 is 0 Å². The van der Waals surface area contributed by atoms with Crippen LogP contribution in [0.3, 0.4) is 0 Å². The van der Waals surface area contributed by atoms with Crippen LogP contribution in [0.15, 0.2) is 18.5 Å². The van der Waals surface area contributed by atoms with Gasteiger partial charge in [0, 0.05) is 24.3 Å². The van der Waals surface area contributed by atoms with Crippen LogP contribution in [0.4, 0.5) is 5.69 Å². The van der Waals surface area contributed by atoms with Gasteiger partial charge in [-0.05, 0) is 36.8 Å². The molecule has 1 aliphatic carbocycles. The molecular formula is C13H20N2O2S. The van der Waals surface area contributed by atoms with Crippen LogP contribution in [0.5, 0.6) is 0 Å². The van der Waals surface area contributed by atoms with E-state index in [0.717, 1.165) is 43.4 Å². The normalized spacial score (nSPS) is 24.9. The molecule has 0 radical (unpaired) electrons. The highest BCUT2D eigenvalue weighted by Crippen LogP contribution is 2.31. The van der Waals surface area contributed by atoms with Crippen molar-refractivity contribution in [3.05, 3.63) is 24.0 Å². The van der Waals surface area contributed by atoms with Gasteiger partial charge in [0.15, 0.2) is 0 Å². The van der Waals surface area contributed by atoms with Gasteiger partial charge < -0.3 is 5.73 Å². The van der Waals surface area contributed by atoms with Crippen molar-refractivity contribution in [3.63, 3.8) is 0 Å². The maximum Gasteiger partial charge on any atom is 0.150 e. The standard InChI is InChI=1S/C13H20N2O2S/c1-18(16,17)12-4-2-3-10(8-12)7-11-9-15-6-5-13(11)14/h5-6,9-10,12H,2-4,7-8H2,1H3,(H2,14,15). The summed E-state index contributed by atoms with van der Waals surface area (Å²) in [6, 6.07) is 1.80. The maximum absolute atomic E-state index is 11.6. The summed E-state index contributed by atoms with van der Waals surface area (Å²) in [5, 5.41) is -0.172. The molecule has 1 fully saturated rings. The fourth-order valence-electron chi connectivity index (χ4n) is 2.74. The molecule has 2 rings (SSSR count). The van der Waals surface area contributed by atoms with Gasteiger partial charge in [0.2, 0.25) is 0 Å². The molecule has 0 spiro atoms. The Morgan fingerprint density at radius 3 is 2.89 bits per heavy atom. The number of nitrogens with two attached hydrogens (primary N) is 1. The third kappa shape index (κ3) is 3.22. The number of hydrogen-bond donors (Lipinski definition) is 1. The van der Waals surface area contributed by atoms with E-state index in [0.29, 0.717) is 5.92 Å². The van der Waals surface area contributed by atoms with Gasteiger partial charge in [0.05, 0.1) is 5.25 Å². The molecule has 0 aliphatic heterocycles. The number of nitrogen functional groups attached to an aromatic ring is 1. The number of aromatic nitrogens is 1. The van der Waals surface area contributed by atoms with Gasteiger partial charge in [-0.1, -0.05) is 12.8 Å². The molecule has 1 saturated carbocycles. The average molecular weight is 268 g/mol. The predicted octanol–water partition coefficient (Wildman–Crippen LogP) is 1.81. The Bertz CT molecular complexity index is 513. The monoisotopic (exact) mass is 268 g/mol. The molecule has 0 bridgehead atoms. The van der Waals surface area contributed by atoms with Gasteiger partial charge >= 0.3 is 0 Å². The number of sulfone groups is 1. The number of hydrogen-bond acceptors (Lipinski definition) is 4. The van der Waals surface area contributed by atoms with Crippen LogP contribution in [0.2, 0.25) is 0 Å². The van der Waals surface area contributed by atoms with Crippen molar-refractivity contribution in [2.45, 2.75) is 37.4 Å². The molecule has 100 valence electrons. The van der Waals surface area contributed by atoms with Crippen molar-refractivity contribution in [3.8, 4) is 0 Å². The lowest BCUT2D eigenvalue weighted by Gasteiger charge is -2.28. The highest BCUT2D eigenvalue weighted by atomic mass is 32.2.